The molecular weight excluding hydrogens is 607 g/mol. The number of aromatic amines is 1. The smallest absolute Gasteiger partial charge is 0.431 e. The summed E-state index contributed by atoms with van der Waals surface area (Å²) in [6.07, 6.45) is -3.19. The van der Waals surface area contributed by atoms with E-state index in [1.807, 2.05) is 0 Å². The number of fused-ring (bicyclic) bond motifs is 1. The van der Waals surface area contributed by atoms with Gasteiger partial charge in [-0.05, 0) is 42.8 Å². The lowest BCUT2D eigenvalue weighted by atomic mass is 10.1. The second-order valence-corrected chi connectivity index (χ2v) is 9.50. The van der Waals surface area contributed by atoms with Gasteiger partial charge in [-0.2, -0.15) is 13.2 Å². The fraction of sp³-hybridized carbons (Fsp3) is 0.133. The van der Waals surface area contributed by atoms with Crippen LogP contribution in [0.3, 0.4) is 0 Å². The summed E-state index contributed by atoms with van der Waals surface area (Å²) in [5, 5.41) is 2.40. The number of benzene rings is 2. The minimum absolute atomic E-state index is 0.0394. The van der Waals surface area contributed by atoms with Gasteiger partial charge in [-0.25, -0.2) is 8.78 Å². The molecule has 0 radical (unpaired) electrons. The van der Waals surface area contributed by atoms with Crippen LogP contribution in [0.15, 0.2) is 70.5 Å². The maximum absolute atomic E-state index is 15.1. The van der Waals surface area contributed by atoms with Gasteiger partial charge in [0.1, 0.15) is 11.3 Å². The molecule has 0 unspecified atom stereocenters. The molecule has 1 amide bonds. The first kappa shape index (κ1) is 30.7. The van der Waals surface area contributed by atoms with Crippen LogP contribution in [0, 0.1) is 18.6 Å². The van der Waals surface area contributed by atoms with Gasteiger partial charge in [0.15, 0.2) is 34.6 Å². The number of nitrogens with zero attached hydrogens (tertiary/aromatic N) is 2. The Balaban J connectivity index is 1.47. The van der Waals surface area contributed by atoms with Crippen molar-refractivity contribution < 1.29 is 41.0 Å². The van der Waals surface area contributed by atoms with Crippen LogP contribution in [0.2, 0.25) is 0 Å². The first-order valence-electron chi connectivity index (χ1n) is 12.8. The normalized spacial score (nSPS) is 11.4. The molecule has 0 aliphatic heterocycles. The number of alkyl halides is 3. The molecule has 0 saturated heterocycles. The van der Waals surface area contributed by atoms with Crippen molar-refractivity contribution in [3.05, 3.63) is 110 Å². The summed E-state index contributed by atoms with van der Waals surface area (Å²) in [5.41, 5.74) is -4.25. The molecular formula is C30H21F5N4O6. The second-order valence-electron chi connectivity index (χ2n) is 9.50. The molecule has 10 nitrogen and oxygen atoms in total. The molecule has 0 bridgehead atoms. The van der Waals surface area contributed by atoms with Gasteiger partial charge in [0.2, 0.25) is 5.56 Å². The highest BCUT2D eigenvalue weighted by Gasteiger charge is 2.36. The molecule has 5 rings (SSSR count). The molecule has 45 heavy (non-hydrogen) atoms. The third-order valence-electron chi connectivity index (χ3n) is 6.64. The van der Waals surface area contributed by atoms with Crippen molar-refractivity contribution in [3.8, 4) is 28.7 Å². The average Bonchev–Trinajstić information content (AvgIpc) is 2.98. The van der Waals surface area contributed by atoms with Crippen LogP contribution in [0.5, 0.6) is 23.0 Å². The third-order valence-corrected chi connectivity index (χ3v) is 6.64. The Hall–Kier alpha value is -5.73. The number of H-pyrrole nitrogens is 1. The van der Waals surface area contributed by atoms with Crippen molar-refractivity contribution in [2.45, 2.75) is 13.1 Å². The number of aryl methyl sites for hydroxylation is 1. The quantitative estimate of drug-likeness (QED) is 0.220. The number of anilines is 1. The number of amides is 1. The van der Waals surface area contributed by atoms with Gasteiger partial charge >= 0.3 is 6.18 Å². The number of ether oxygens (including phenoxy) is 3. The van der Waals surface area contributed by atoms with Crippen molar-refractivity contribution >= 4 is 22.5 Å². The van der Waals surface area contributed by atoms with Gasteiger partial charge in [0.25, 0.3) is 11.5 Å². The molecule has 0 atom stereocenters. The average molecular weight is 629 g/mol. The Labute approximate surface area is 249 Å². The molecule has 2 aromatic carbocycles. The van der Waals surface area contributed by atoms with Crippen molar-refractivity contribution in [1.82, 2.24) is 14.5 Å². The molecule has 3 aromatic heterocycles. The van der Waals surface area contributed by atoms with Crippen molar-refractivity contribution in [2.24, 2.45) is 0 Å². The highest BCUT2D eigenvalue weighted by molar-refractivity contribution is 6.04. The van der Waals surface area contributed by atoms with Crippen LogP contribution < -0.4 is 30.6 Å². The number of halogens is 5. The highest BCUT2D eigenvalue weighted by Crippen LogP contribution is 2.39. The van der Waals surface area contributed by atoms with Gasteiger partial charge in [-0.3, -0.25) is 23.9 Å². The predicted molar refractivity (Wildman–Crippen MR) is 152 cm³/mol. The maximum Gasteiger partial charge on any atom is 0.431 e. The van der Waals surface area contributed by atoms with Gasteiger partial charge in [-0.15, -0.1) is 0 Å². The second kappa shape index (κ2) is 11.7. The van der Waals surface area contributed by atoms with Gasteiger partial charge in [0, 0.05) is 35.5 Å². The molecule has 5 aromatic rings. The molecule has 0 aliphatic rings. The van der Waals surface area contributed by atoms with Gasteiger partial charge in [0.05, 0.1) is 31.6 Å². The summed E-state index contributed by atoms with van der Waals surface area (Å²) >= 11 is 0. The lowest BCUT2D eigenvalue weighted by molar-refractivity contribution is -0.142. The first-order valence-corrected chi connectivity index (χ1v) is 12.8. The number of rotatable bonds is 7. The van der Waals surface area contributed by atoms with E-state index in [-0.39, 0.29) is 43.9 Å². The summed E-state index contributed by atoms with van der Waals surface area (Å²) in [6, 6.07) is 8.16. The SMILES string of the molecule is COc1cc2ncc(F)c(Oc3ccc(NC(=O)c4ccc(C(F)(F)F)n(-c5c[nH]c(=O)cc5C)c4=O)cc3F)c2cc1OC. The molecule has 232 valence electrons. The van der Waals surface area contributed by atoms with Crippen LogP contribution in [-0.4, -0.2) is 34.7 Å². The van der Waals surface area contributed by atoms with E-state index in [4.69, 9.17) is 14.2 Å². The van der Waals surface area contributed by atoms with Crippen LogP contribution in [0.4, 0.5) is 27.6 Å². The number of nitrogens with one attached hydrogen (secondary N) is 2. The van der Waals surface area contributed by atoms with Crippen molar-refractivity contribution in [1.29, 1.82) is 0 Å². The Morgan fingerprint density at radius 1 is 0.933 bits per heavy atom. The molecule has 0 saturated carbocycles. The fourth-order valence-electron chi connectivity index (χ4n) is 4.52. The number of hydrogen-bond acceptors (Lipinski definition) is 7. The van der Waals surface area contributed by atoms with E-state index >= 15 is 4.39 Å². The Morgan fingerprint density at radius 3 is 2.29 bits per heavy atom. The standard InChI is InChI=1S/C30H21F5N4O6/c1-14-8-26(40)37-13-21(14)39-25(30(33,34)35)7-5-16(29(39)42)28(41)38-15-4-6-22(18(31)9-15)45-27-17-10-23(43-2)24(44-3)11-20(17)36-12-19(27)32/h4-13H,1-3H3,(H,37,40)(H,38,41). The lowest BCUT2D eigenvalue weighted by Crippen LogP contribution is -2.33. The number of carbonyl (C=O) groups excluding carboxylic acids is 1. The largest absolute Gasteiger partial charge is 0.493 e. The number of methoxy groups -OCH3 is 2. The number of carbonyl (C=O) groups is 1. The number of pyridine rings is 3. The lowest BCUT2D eigenvalue weighted by Gasteiger charge is -2.18. The van der Waals surface area contributed by atoms with E-state index in [1.54, 1.807) is 0 Å². The molecule has 0 spiro atoms. The van der Waals surface area contributed by atoms with Crippen LogP contribution in [0.1, 0.15) is 21.6 Å². The van der Waals surface area contributed by atoms with E-state index < -0.39 is 51.8 Å². The molecule has 3 heterocycles. The Kier molecular flexibility index (Phi) is 8.02. The minimum Gasteiger partial charge on any atom is -0.493 e. The van der Waals surface area contributed by atoms with Crippen LogP contribution in [-0.2, 0) is 6.18 Å². The zero-order valence-electron chi connectivity index (χ0n) is 23.5. The topological polar surface area (TPSA) is 125 Å². The van der Waals surface area contributed by atoms with E-state index in [1.165, 1.54) is 39.3 Å². The predicted octanol–water partition coefficient (Wildman–Crippen LogP) is 5.74. The molecule has 0 fully saturated rings. The molecule has 0 aliphatic carbocycles. The molecule has 15 heteroatoms. The number of hydrogen-bond donors (Lipinski definition) is 2. The van der Waals surface area contributed by atoms with Gasteiger partial charge in [-0.1, -0.05) is 0 Å². The summed E-state index contributed by atoms with van der Waals surface area (Å²) in [4.78, 5) is 44.0. The van der Waals surface area contributed by atoms with Gasteiger partial charge < -0.3 is 24.5 Å². The van der Waals surface area contributed by atoms with Crippen molar-refractivity contribution in [2.75, 3.05) is 19.5 Å². The zero-order valence-corrected chi connectivity index (χ0v) is 23.5. The first-order chi connectivity index (χ1) is 21.3. The zero-order chi connectivity index (χ0) is 32.6. The van der Waals surface area contributed by atoms with E-state index in [2.05, 4.69) is 15.3 Å². The van der Waals surface area contributed by atoms with Crippen molar-refractivity contribution in [3.63, 3.8) is 0 Å². The third kappa shape index (κ3) is 5.91. The summed E-state index contributed by atoms with van der Waals surface area (Å²) < 4.78 is 87.6. The van der Waals surface area contributed by atoms with E-state index in [0.29, 0.717) is 17.9 Å². The van der Waals surface area contributed by atoms with Crippen LogP contribution in [0.25, 0.3) is 16.6 Å². The highest BCUT2D eigenvalue weighted by atomic mass is 19.4. The van der Waals surface area contributed by atoms with E-state index in [0.717, 1.165) is 30.6 Å². The Morgan fingerprint density at radius 2 is 1.64 bits per heavy atom. The molecule has 2 N–H and O–H groups in total. The maximum atomic E-state index is 15.1. The number of aromatic nitrogens is 3. The Bertz CT molecular complexity index is 2090. The monoisotopic (exact) mass is 628 g/mol. The van der Waals surface area contributed by atoms with E-state index in [9.17, 15) is 31.9 Å². The minimum atomic E-state index is -4.99. The van der Waals surface area contributed by atoms with Crippen LogP contribution >= 0.6 is 0 Å². The fourth-order valence-corrected chi connectivity index (χ4v) is 4.52. The summed E-state index contributed by atoms with van der Waals surface area (Å²) in [6.45, 7) is 1.32. The summed E-state index contributed by atoms with van der Waals surface area (Å²) in [5.74, 6) is -3.38. The summed E-state index contributed by atoms with van der Waals surface area (Å²) in [7, 11) is 2.77.